The van der Waals surface area contributed by atoms with E-state index in [0.717, 1.165) is 11.1 Å². The van der Waals surface area contributed by atoms with Gasteiger partial charge in [-0.2, -0.15) is 0 Å². The molecule has 43 heavy (non-hydrogen) atoms. The number of hydrogen-bond acceptors (Lipinski definition) is 7. The molecule has 2 amide bonds. The Bertz CT molecular complexity index is 1330. The second-order valence-electron chi connectivity index (χ2n) is 10.9. The molecule has 0 unspecified atom stereocenters. The molecule has 2 N–H and O–H groups in total. The van der Waals surface area contributed by atoms with Crippen molar-refractivity contribution in [2.45, 2.75) is 64.7 Å². The van der Waals surface area contributed by atoms with Crippen molar-refractivity contribution in [2.24, 2.45) is 11.8 Å². The van der Waals surface area contributed by atoms with E-state index in [-0.39, 0.29) is 38.1 Å². The lowest BCUT2D eigenvalue weighted by Gasteiger charge is -2.24. The van der Waals surface area contributed by atoms with E-state index in [1.165, 1.54) is 6.08 Å². The molecule has 1 heterocycles. The minimum absolute atomic E-state index is 0.0381. The molecular formula is C34H40N2O7. The summed E-state index contributed by atoms with van der Waals surface area (Å²) in [5.74, 6) is 3.83. The summed E-state index contributed by atoms with van der Waals surface area (Å²) in [6.07, 6.45) is 1.98. The van der Waals surface area contributed by atoms with Crippen LogP contribution in [0.5, 0.6) is 5.75 Å². The molecule has 0 saturated heterocycles. The zero-order valence-corrected chi connectivity index (χ0v) is 25.1. The van der Waals surface area contributed by atoms with Gasteiger partial charge in [-0.15, -0.1) is 0 Å². The molecule has 2 aromatic rings. The minimum Gasteiger partial charge on any atom is -0.497 e. The highest BCUT2D eigenvalue weighted by molar-refractivity contribution is 5.93. The number of carbonyl (C=O) groups is 4. The fourth-order valence-corrected chi connectivity index (χ4v) is 4.29. The summed E-state index contributed by atoms with van der Waals surface area (Å²) in [7, 11) is 1.56. The topological polar surface area (TPSA) is 120 Å². The molecule has 0 aliphatic carbocycles. The smallest absolute Gasteiger partial charge is 0.347 e. The molecule has 3 rings (SSSR count). The monoisotopic (exact) mass is 588 g/mol. The molecule has 1 aliphatic heterocycles. The highest BCUT2D eigenvalue weighted by atomic mass is 16.6. The maximum absolute atomic E-state index is 13.2. The third kappa shape index (κ3) is 11.3. The van der Waals surface area contributed by atoms with Gasteiger partial charge in [0, 0.05) is 31.4 Å². The van der Waals surface area contributed by atoms with Crippen LogP contribution in [0.4, 0.5) is 0 Å². The fourth-order valence-electron chi connectivity index (χ4n) is 4.29. The molecule has 4 atom stereocenters. The number of carbonyl (C=O) groups excluding carboxylic acids is 4. The van der Waals surface area contributed by atoms with Crippen LogP contribution in [-0.2, 0) is 35.1 Å². The molecule has 228 valence electrons. The molecule has 0 radical (unpaired) electrons. The standard InChI is InChI=1S/C34H40N2O7/c1-23(2)20-30-34(40)42-28(13-8-12-25-10-6-5-7-11-25)14-9-15-31(37)36-29(21-26-16-18-27(41-4)19-17-26)32(38)35-22-24(3)33(39)43-30/h5-7,9-11,15-19,23-24,28-30H,13-14,20-22H2,1-4H3,(H,35,38)(H,36,37)/b15-9+/t24-,28+,29+,30-/m0/s1. The number of rotatable bonds is 6. The zero-order chi connectivity index (χ0) is 31.2. The van der Waals surface area contributed by atoms with Crippen LogP contribution < -0.4 is 15.4 Å². The first-order chi connectivity index (χ1) is 20.6. The van der Waals surface area contributed by atoms with Crippen LogP contribution in [0.2, 0.25) is 0 Å². The Hall–Kier alpha value is -4.58. The summed E-state index contributed by atoms with van der Waals surface area (Å²) in [5, 5.41) is 5.48. The summed E-state index contributed by atoms with van der Waals surface area (Å²) in [6.45, 7) is 5.39. The van der Waals surface area contributed by atoms with Gasteiger partial charge < -0.3 is 24.8 Å². The van der Waals surface area contributed by atoms with Gasteiger partial charge in [-0.05, 0) is 48.2 Å². The maximum Gasteiger partial charge on any atom is 0.347 e. The van der Waals surface area contributed by atoms with E-state index in [2.05, 4.69) is 22.5 Å². The molecule has 0 spiro atoms. The predicted octanol–water partition coefficient (Wildman–Crippen LogP) is 3.75. The first kappa shape index (κ1) is 32.9. The highest BCUT2D eigenvalue weighted by Gasteiger charge is 2.30. The molecule has 0 fully saturated rings. The van der Waals surface area contributed by atoms with Crippen LogP contribution >= 0.6 is 0 Å². The number of nitrogens with one attached hydrogen (secondary N) is 2. The number of hydrogen-bond donors (Lipinski definition) is 2. The summed E-state index contributed by atoms with van der Waals surface area (Å²) in [4.78, 5) is 52.2. The highest BCUT2D eigenvalue weighted by Crippen LogP contribution is 2.17. The predicted molar refractivity (Wildman–Crippen MR) is 162 cm³/mol. The lowest BCUT2D eigenvalue weighted by molar-refractivity contribution is -0.174. The number of ether oxygens (including phenoxy) is 3. The second-order valence-corrected chi connectivity index (χ2v) is 10.9. The summed E-state index contributed by atoms with van der Waals surface area (Å²) in [6, 6.07) is 15.7. The molecule has 1 aliphatic rings. The average Bonchev–Trinajstić information content (AvgIpc) is 2.99. The van der Waals surface area contributed by atoms with Gasteiger partial charge >= 0.3 is 11.9 Å². The lowest BCUT2D eigenvalue weighted by Crippen LogP contribution is -2.49. The minimum atomic E-state index is -1.11. The van der Waals surface area contributed by atoms with Gasteiger partial charge in [0.2, 0.25) is 11.8 Å². The van der Waals surface area contributed by atoms with Crippen LogP contribution in [0.25, 0.3) is 0 Å². The first-order valence-electron chi connectivity index (χ1n) is 14.5. The van der Waals surface area contributed by atoms with Crippen molar-refractivity contribution in [3.8, 4) is 17.6 Å². The van der Waals surface area contributed by atoms with Gasteiger partial charge in [0.15, 0.2) is 6.10 Å². The van der Waals surface area contributed by atoms with Crippen LogP contribution in [0.1, 0.15) is 51.2 Å². The van der Waals surface area contributed by atoms with Gasteiger partial charge in [-0.3, -0.25) is 14.4 Å². The van der Waals surface area contributed by atoms with Crippen molar-refractivity contribution in [3.05, 3.63) is 77.9 Å². The van der Waals surface area contributed by atoms with E-state index in [0.29, 0.717) is 5.75 Å². The van der Waals surface area contributed by atoms with E-state index in [1.54, 1.807) is 32.2 Å². The summed E-state index contributed by atoms with van der Waals surface area (Å²) < 4.78 is 16.6. The van der Waals surface area contributed by atoms with Crippen LogP contribution in [0, 0.1) is 23.7 Å². The van der Waals surface area contributed by atoms with Crippen molar-refractivity contribution in [1.29, 1.82) is 0 Å². The molecule has 9 heteroatoms. The normalized spacial score (nSPS) is 22.7. The van der Waals surface area contributed by atoms with Crippen molar-refractivity contribution in [1.82, 2.24) is 10.6 Å². The van der Waals surface area contributed by atoms with Crippen molar-refractivity contribution in [3.63, 3.8) is 0 Å². The Morgan fingerprint density at radius 1 is 0.977 bits per heavy atom. The number of methoxy groups -OCH3 is 1. The van der Waals surface area contributed by atoms with Crippen molar-refractivity contribution in [2.75, 3.05) is 13.7 Å². The Balaban J connectivity index is 1.85. The molecule has 0 bridgehead atoms. The Kier molecular flexibility index (Phi) is 12.8. The Labute approximate surface area is 253 Å². The molecule has 0 aromatic heterocycles. The van der Waals surface area contributed by atoms with Crippen molar-refractivity contribution >= 4 is 23.8 Å². The van der Waals surface area contributed by atoms with Crippen LogP contribution in [0.3, 0.4) is 0 Å². The lowest BCUT2D eigenvalue weighted by atomic mass is 10.0. The number of benzene rings is 2. The van der Waals surface area contributed by atoms with Crippen molar-refractivity contribution < 1.29 is 33.4 Å². The second kappa shape index (κ2) is 16.8. The van der Waals surface area contributed by atoms with E-state index >= 15 is 0 Å². The SMILES string of the molecule is COc1ccc(C[C@H]2NC(=O)/C=C/C[C@@H](CC#Cc3ccccc3)OC(=O)[C@H](CC(C)C)OC(=O)[C@@H](C)CNC2=O)cc1. The van der Waals surface area contributed by atoms with Gasteiger partial charge in [-0.25, -0.2) is 4.79 Å². The molecule has 0 saturated carbocycles. The number of amides is 2. The average molecular weight is 589 g/mol. The van der Waals surface area contributed by atoms with Crippen LogP contribution in [-0.4, -0.2) is 55.7 Å². The third-order valence-corrected chi connectivity index (χ3v) is 6.71. The number of cyclic esters (lactones) is 2. The maximum atomic E-state index is 13.2. The summed E-state index contributed by atoms with van der Waals surface area (Å²) >= 11 is 0. The number of esters is 2. The fraction of sp³-hybridized carbons (Fsp3) is 0.412. The van der Waals surface area contributed by atoms with E-state index in [9.17, 15) is 19.2 Å². The van der Waals surface area contributed by atoms with Gasteiger partial charge in [0.1, 0.15) is 17.9 Å². The van der Waals surface area contributed by atoms with E-state index < -0.39 is 47.9 Å². The molecular weight excluding hydrogens is 548 g/mol. The van der Waals surface area contributed by atoms with Gasteiger partial charge in [0.25, 0.3) is 0 Å². The Morgan fingerprint density at radius 2 is 1.70 bits per heavy atom. The van der Waals surface area contributed by atoms with E-state index in [4.69, 9.17) is 14.2 Å². The van der Waals surface area contributed by atoms with Gasteiger partial charge in [0.05, 0.1) is 13.0 Å². The summed E-state index contributed by atoms with van der Waals surface area (Å²) in [5.41, 5.74) is 1.63. The Morgan fingerprint density at radius 3 is 2.37 bits per heavy atom. The van der Waals surface area contributed by atoms with E-state index in [1.807, 2.05) is 56.3 Å². The van der Waals surface area contributed by atoms with Gasteiger partial charge in [-0.1, -0.05) is 69.0 Å². The largest absolute Gasteiger partial charge is 0.497 e. The zero-order valence-electron chi connectivity index (χ0n) is 25.1. The third-order valence-electron chi connectivity index (χ3n) is 6.71. The van der Waals surface area contributed by atoms with Crippen LogP contribution in [0.15, 0.2) is 66.7 Å². The molecule has 2 aromatic carbocycles. The molecule has 9 nitrogen and oxygen atoms in total. The first-order valence-corrected chi connectivity index (χ1v) is 14.5. The quantitative estimate of drug-likeness (QED) is 0.390.